The van der Waals surface area contributed by atoms with E-state index in [1.165, 1.54) is 19.2 Å². The SMILES string of the molecule is COC(=O)c1ccc(Nc2nc(C)cc(Nc3ccc(C(=O)O)cc3)n2)cc1. The van der Waals surface area contributed by atoms with Crippen molar-refractivity contribution in [2.45, 2.75) is 6.92 Å². The Kier molecular flexibility index (Phi) is 5.50. The van der Waals surface area contributed by atoms with E-state index in [0.717, 1.165) is 11.4 Å². The van der Waals surface area contributed by atoms with Gasteiger partial charge in [0.1, 0.15) is 5.82 Å². The fourth-order valence-corrected chi connectivity index (χ4v) is 2.47. The molecule has 8 nitrogen and oxygen atoms in total. The van der Waals surface area contributed by atoms with Gasteiger partial charge in [0.15, 0.2) is 0 Å². The molecule has 3 rings (SSSR count). The summed E-state index contributed by atoms with van der Waals surface area (Å²) in [5, 5.41) is 15.2. The van der Waals surface area contributed by atoms with Gasteiger partial charge in [0.2, 0.25) is 5.95 Å². The van der Waals surface area contributed by atoms with E-state index in [1.54, 1.807) is 42.5 Å². The highest BCUT2D eigenvalue weighted by molar-refractivity contribution is 5.89. The number of aryl methyl sites for hydroxylation is 1. The fraction of sp³-hybridized carbons (Fsp3) is 0.100. The summed E-state index contributed by atoms with van der Waals surface area (Å²) in [7, 11) is 1.33. The number of carbonyl (C=O) groups is 2. The maximum absolute atomic E-state index is 11.5. The minimum Gasteiger partial charge on any atom is -0.478 e. The molecule has 0 saturated carbocycles. The predicted molar refractivity (Wildman–Crippen MR) is 105 cm³/mol. The second-order valence-corrected chi connectivity index (χ2v) is 5.92. The lowest BCUT2D eigenvalue weighted by Crippen LogP contribution is -2.04. The van der Waals surface area contributed by atoms with Gasteiger partial charge < -0.3 is 20.5 Å². The Morgan fingerprint density at radius 2 is 1.46 bits per heavy atom. The highest BCUT2D eigenvalue weighted by Crippen LogP contribution is 2.20. The summed E-state index contributed by atoms with van der Waals surface area (Å²) in [6.45, 7) is 1.84. The third-order valence-corrected chi connectivity index (χ3v) is 3.82. The van der Waals surface area contributed by atoms with Crippen molar-refractivity contribution in [1.29, 1.82) is 0 Å². The highest BCUT2D eigenvalue weighted by Gasteiger charge is 2.07. The van der Waals surface area contributed by atoms with E-state index in [9.17, 15) is 9.59 Å². The van der Waals surface area contributed by atoms with Crippen LogP contribution in [0.1, 0.15) is 26.4 Å². The van der Waals surface area contributed by atoms with Gasteiger partial charge in [0, 0.05) is 23.1 Å². The van der Waals surface area contributed by atoms with Gasteiger partial charge in [0.05, 0.1) is 18.2 Å². The first-order valence-corrected chi connectivity index (χ1v) is 8.36. The summed E-state index contributed by atoms with van der Waals surface area (Å²) >= 11 is 0. The number of methoxy groups -OCH3 is 1. The number of carbonyl (C=O) groups excluding carboxylic acids is 1. The number of hydrogen-bond donors (Lipinski definition) is 3. The molecule has 8 heteroatoms. The van der Waals surface area contributed by atoms with Crippen LogP contribution >= 0.6 is 0 Å². The second kappa shape index (κ2) is 8.17. The molecule has 0 spiro atoms. The maximum Gasteiger partial charge on any atom is 0.337 e. The van der Waals surface area contributed by atoms with E-state index in [2.05, 4.69) is 25.3 Å². The number of nitrogens with zero attached hydrogens (tertiary/aromatic N) is 2. The third-order valence-electron chi connectivity index (χ3n) is 3.82. The maximum atomic E-state index is 11.5. The molecule has 0 aliphatic heterocycles. The zero-order valence-corrected chi connectivity index (χ0v) is 15.3. The Bertz CT molecular complexity index is 1000. The van der Waals surface area contributed by atoms with Crippen molar-refractivity contribution in [3.8, 4) is 0 Å². The number of ether oxygens (including phenoxy) is 1. The van der Waals surface area contributed by atoms with Crippen LogP contribution in [0.3, 0.4) is 0 Å². The molecule has 142 valence electrons. The first-order chi connectivity index (χ1) is 13.4. The number of benzene rings is 2. The van der Waals surface area contributed by atoms with E-state index in [4.69, 9.17) is 5.11 Å². The number of aromatic nitrogens is 2. The van der Waals surface area contributed by atoms with Crippen LogP contribution in [-0.4, -0.2) is 34.1 Å². The number of carboxylic acid groups (broad SMARTS) is 1. The summed E-state index contributed by atoms with van der Waals surface area (Å²) in [4.78, 5) is 31.2. The molecule has 3 aromatic rings. The van der Waals surface area contributed by atoms with Crippen molar-refractivity contribution in [3.05, 3.63) is 71.4 Å². The molecule has 0 aliphatic rings. The highest BCUT2D eigenvalue weighted by atomic mass is 16.5. The molecular formula is C20H18N4O4. The van der Waals surface area contributed by atoms with E-state index < -0.39 is 11.9 Å². The molecule has 1 heterocycles. The van der Waals surface area contributed by atoms with E-state index in [0.29, 0.717) is 23.0 Å². The van der Waals surface area contributed by atoms with Crippen molar-refractivity contribution < 1.29 is 19.4 Å². The number of hydrogen-bond acceptors (Lipinski definition) is 7. The van der Waals surface area contributed by atoms with Crippen LogP contribution in [0.5, 0.6) is 0 Å². The van der Waals surface area contributed by atoms with Crippen LogP contribution in [-0.2, 0) is 4.74 Å². The number of aromatic carboxylic acids is 1. The van der Waals surface area contributed by atoms with Crippen LogP contribution in [0.25, 0.3) is 0 Å². The quantitative estimate of drug-likeness (QED) is 0.556. The fourth-order valence-electron chi connectivity index (χ4n) is 2.47. The Morgan fingerprint density at radius 3 is 2.04 bits per heavy atom. The minimum atomic E-state index is -0.978. The molecule has 28 heavy (non-hydrogen) atoms. The van der Waals surface area contributed by atoms with Gasteiger partial charge in [-0.3, -0.25) is 0 Å². The van der Waals surface area contributed by atoms with Crippen LogP contribution in [0.4, 0.5) is 23.1 Å². The molecule has 0 aliphatic carbocycles. The molecule has 0 bridgehead atoms. The molecule has 3 N–H and O–H groups in total. The van der Waals surface area contributed by atoms with E-state index in [-0.39, 0.29) is 5.56 Å². The Balaban J connectivity index is 1.75. The van der Waals surface area contributed by atoms with Gasteiger partial charge in [-0.15, -0.1) is 0 Å². The normalized spacial score (nSPS) is 10.2. The lowest BCUT2D eigenvalue weighted by atomic mass is 10.2. The molecule has 0 radical (unpaired) electrons. The molecule has 2 aromatic carbocycles. The van der Waals surface area contributed by atoms with Gasteiger partial charge in [-0.25, -0.2) is 14.6 Å². The summed E-state index contributed by atoms with van der Waals surface area (Å²) in [6, 6.07) is 14.9. The van der Waals surface area contributed by atoms with E-state index >= 15 is 0 Å². The second-order valence-electron chi connectivity index (χ2n) is 5.92. The van der Waals surface area contributed by atoms with Gasteiger partial charge in [-0.1, -0.05) is 0 Å². The first kappa shape index (κ1) is 18.8. The van der Waals surface area contributed by atoms with Gasteiger partial charge in [-0.2, -0.15) is 4.98 Å². The Morgan fingerprint density at radius 1 is 0.893 bits per heavy atom. The molecule has 0 atom stereocenters. The van der Waals surface area contributed by atoms with Crippen molar-refractivity contribution in [3.63, 3.8) is 0 Å². The molecule has 0 fully saturated rings. The Labute approximate surface area is 161 Å². The zero-order chi connectivity index (χ0) is 20.1. The lowest BCUT2D eigenvalue weighted by Gasteiger charge is -2.10. The predicted octanol–water partition coefficient (Wildman–Crippen LogP) is 3.76. The molecular weight excluding hydrogens is 360 g/mol. The zero-order valence-electron chi connectivity index (χ0n) is 15.3. The average Bonchev–Trinajstić information content (AvgIpc) is 2.68. The van der Waals surface area contributed by atoms with Crippen LogP contribution in [0.2, 0.25) is 0 Å². The number of rotatable bonds is 6. The number of carboxylic acids is 1. The number of nitrogens with one attached hydrogen (secondary N) is 2. The summed E-state index contributed by atoms with van der Waals surface area (Å²) in [5.41, 5.74) is 2.83. The summed E-state index contributed by atoms with van der Waals surface area (Å²) in [5.74, 6) is -0.437. The molecule has 0 amide bonds. The number of esters is 1. The third kappa shape index (κ3) is 4.61. The van der Waals surface area contributed by atoms with Crippen molar-refractivity contribution in [2.24, 2.45) is 0 Å². The largest absolute Gasteiger partial charge is 0.478 e. The number of anilines is 4. The van der Waals surface area contributed by atoms with Gasteiger partial charge in [-0.05, 0) is 55.5 Å². The molecule has 0 saturated heterocycles. The van der Waals surface area contributed by atoms with Crippen molar-refractivity contribution >= 4 is 35.1 Å². The topological polar surface area (TPSA) is 113 Å². The molecule has 1 aromatic heterocycles. The average molecular weight is 378 g/mol. The Hall–Kier alpha value is -3.94. The monoisotopic (exact) mass is 378 g/mol. The van der Waals surface area contributed by atoms with Crippen LogP contribution in [0, 0.1) is 6.92 Å². The van der Waals surface area contributed by atoms with E-state index in [1.807, 2.05) is 6.92 Å². The summed E-state index contributed by atoms with van der Waals surface area (Å²) in [6.07, 6.45) is 0. The first-order valence-electron chi connectivity index (χ1n) is 8.36. The van der Waals surface area contributed by atoms with Crippen molar-refractivity contribution in [1.82, 2.24) is 9.97 Å². The van der Waals surface area contributed by atoms with Crippen LogP contribution < -0.4 is 10.6 Å². The van der Waals surface area contributed by atoms with Crippen molar-refractivity contribution in [2.75, 3.05) is 17.7 Å². The van der Waals surface area contributed by atoms with Gasteiger partial charge in [0.25, 0.3) is 0 Å². The standard InChI is InChI=1S/C20H18N4O4/c1-12-11-17(22-15-7-3-13(4-8-15)18(25)26)24-20(21-12)23-16-9-5-14(6-10-16)19(27)28-2/h3-11H,1-2H3,(H,25,26)(H2,21,22,23,24). The van der Waals surface area contributed by atoms with Gasteiger partial charge >= 0.3 is 11.9 Å². The smallest absolute Gasteiger partial charge is 0.337 e. The lowest BCUT2D eigenvalue weighted by molar-refractivity contribution is 0.0600. The van der Waals surface area contributed by atoms with Crippen LogP contribution in [0.15, 0.2) is 54.6 Å². The summed E-state index contributed by atoms with van der Waals surface area (Å²) < 4.78 is 4.68. The minimum absolute atomic E-state index is 0.210. The molecule has 0 unspecified atom stereocenters.